The number of ether oxygens (including phenoxy) is 1. The molecule has 7 nitrogen and oxygen atoms in total. The van der Waals surface area contributed by atoms with Crippen LogP contribution in [0.15, 0.2) is 82.1 Å². The molecular formula is C23H20N2O5S. The number of rotatable bonds is 6. The van der Waals surface area contributed by atoms with Crippen molar-refractivity contribution in [1.29, 1.82) is 0 Å². The molecule has 1 heterocycles. The van der Waals surface area contributed by atoms with E-state index >= 15 is 0 Å². The Hall–Kier alpha value is -3.62. The zero-order valence-electron chi connectivity index (χ0n) is 16.7. The third-order valence-electron chi connectivity index (χ3n) is 4.78. The Bertz CT molecular complexity index is 1360. The first kappa shape index (κ1) is 20.6. The number of sulfonamides is 1. The minimum absolute atomic E-state index is 0.0532. The van der Waals surface area contributed by atoms with Crippen molar-refractivity contribution in [3.63, 3.8) is 0 Å². The Labute approximate surface area is 179 Å². The highest BCUT2D eigenvalue weighted by molar-refractivity contribution is 7.89. The van der Waals surface area contributed by atoms with E-state index in [1.54, 1.807) is 25.1 Å². The van der Waals surface area contributed by atoms with Gasteiger partial charge in [0.15, 0.2) is 5.76 Å². The molecule has 0 saturated carbocycles. The van der Waals surface area contributed by atoms with Gasteiger partial charge < -0.3 is 14.5 Å². The molecule has 31 heavy (non-hydrogen) atoms. The van der Waals surface area contributed by atoms with Crippen LogP contribution in [0.2, 0.25) is 0 Å². The zero-order chi connectivity index (χ0) is 22.0. The lowest BCUT2D eigenvalue weighted by Crippen LogP contribution is -2.16. The average Bonchev–Trinajstić information content (AvgIpc) is 3.12. The smallest absolute Gasteiger partial charge is 0.291 e. The molecule has 0 aliphatic carbocycles. The maximum Gasteiger partial charge on any atom is 0.291 e. The Balaban J connectivity index is 1.67. The van der Waals surface area contributed by atoms with Gasteiger partial charge in [-0.05, 0) is 42.8 Å². The van der Waals surface area contributed by atoms with E-state index < -0.39 is 15.9 Å². The number of anilines is 1. The van der Waals surface area contributed by atoms with Crippen LogP contribution in [0.25, 0.3) is 11.0 Å². The van der Waals surface area contributed by atoms with Crippen molar-refractivity contribution in [2.45, 2.75) is 18.4 Å². The number of nitrogens with one attached hydrogen (secondary N) is 1. The van der Waals surface area contributed by atoms with Gasteiger partial charge in [0.05, 0.1) is 4.90 Å². The van der Waals surface area contributed by atoms with Crippen molar-refractivity contribution in [1.82, 2.24) is 0 Å². The van der Waals surface area contributed by atoms with Crippen molar-refractivity contribution in [3.05, 3.63) is 89.7 Å². The molecular weight excluding hydrogens is 416 g/mol. The van der Waals surface area contributed by atoms with Gasteiger partial charge in [-0.2, -0.15) is 0 Å². The Morgan fingerprint density at radius 3 is 2.48 bits per heavy atom. The fourth-order valence-electron chi connectivity index (χ4n) is 3.27. The van der Waals surface area contributed by atoms with Crippen LogP contribution in [0.5, 0.6) is 5.75 Å². The molecule has 0 atom stereocenters. The Morgan fingerprint density at radius 1 is 1.03 bits per heavy atom. The van der Waals surface area contributed by atoms with Gasteiger partial charge in [-0.1, -0.05) is 42.5 Å². The predicted octanol–water partition coefficient (Wildman–Crippen LogP) is 4.22. The number of hydrogen-bond acceptors (Lipinski definition) is 5. The third kappa shape index (κ3) is 4.45. The number of fused-ring (bicyclic) bond motifs is 1. The molecule has 4 rings (SSSR count). The van der Waals surface area contributed by atoms with Crippen LogP contribution in [0, 0.1) is 6.92 Å². The highest BCUT2D eigenvalue weighted by Gasteiger charge is 2.22. The summed E-state index contributed by atoms with van der Waals surface area (Å²) in [6.07, 6.45) is 0. The summed E-state index contributed by atoms with van der Waals surface area (Å²) in [6.45, 7) is 1.75. The number of carbonyl (C=O) groups excluding carboxylic acids is 1. The summed E-state index contributed by atoms with van der Waals surface area (Å²) in [6, 6.07) is 21.0. The number of amides is 1. The summed E-state index contributed by atoms with van der Waals surface area (Å²) in [5, 5.41) is 8.71. The number of aryl methyl sites for hydroxylation is 1. The minimum Gasteiger partial charge on any atom is -0.489 e. The van der Waals surface area contributed by atoms with Crippen LogP contribution in [-0.4, -0.2) is 14.3 Å². The second-order valence-electron chi connectivity index (χ2n) is 6.99. The number of benzene rings is 3. The first-order chi connectivity index (χ1) is 14.8. The van der Waals surface area contributed by atoms with E-state index in [-0.39, 0.29) is 22.9 Å². The fourth-order valence-corrected chi connectivity index (χ4v) is 4.08. The molecule has 0 fully saturated rings. The van der Waals surface area contributed by atoms with E-state index in [9.17, 15) is 13.2 Å². The van der Waals surface area contributed by atoms with E-state index in [1.807, 2.05) is 48.5 Å². The molecule has 0 radical (unpaired) electrons. The number of furan rings is 1. The van der Waals surface area contributed by atoms with Gasteiger partial charge in [0.25, 0.3) is 5.91 Å². The topological polar surface area (TPSA) is 112 Å². The monoisotopic (exact) mass is 436 g/mol. The lowest BCUT2D eigenvalue weighted by molar-refractivity contribution is 0.0995. The summed E-state index contributed by atoms with van der Waals surface area (Å²) in [7, 11) is -3.92. The van der Waals surface area contributed by atoms with Crippen LogP contribution in [-0.2, 0) is 16.6 Å². The summed E-state index contributed by atoms with van der Waals surface area (Å²) in [5.74, 6) is 0.234. The van der Waals surface area contributed by atoms with Crippen molar-refractivity contribution in [2.75, 3.05) is 5.32 Å². The highest BCUT2D eigenvalue weighted by Crippen LogP contribution is 2.28. The maximum absolute atomic E-state index is 13.0. The quantitative estimate of drug-likeness (QED) is 0.470. The van der Waals surface area contributed by atoms with E-state index in [0.29, 0.717) is 22.5 Å². The van der Waals surface area contributed by atoms with Crippen LogP contribution in [0.4, 0.5) is 5.69 Å². The third-order valence-corrected chi connectivity index (χ3v) is 5.84. The molecule has 0 aliphatic rings. The Kier molecular flexibility index (Phi) is 5.50. The lowest BCUT2D eigenvalue weighted by Gasteiger charge is -2.10. The summed E-state index contributed by atoms with van der Waals surface area (Å²) < 4.78 is 35.2. The SMILES string of the molecule is Cc1ccc(NC(=O)c2oc3ccccc3c2COc2ccccc2)cc1S(N)(=O)=O. The van der Waals surface area contributed by atoms with Crippen LogP contribution >= 0.6 is 0 Å². The lowest BCUT2D eigenvalue weighted by atomic mass is 10.1. The van der Waals surface area contributed by atoms with Crippen molar-refractivity contribution >= 4 is 32.6 Å². The predicted molar refractivity (Wildman–Crippen MR) is 117 cm³/mol. The number of primary sulfonamides is 1. The highest BCUT2D eigenvalue weighted by atomic mass is 32.2. The Morgan fingerprint density at radius 2 is 1.74 bits per heavy atom. The second kappa shape index (κ2) is 8.25. The van der Waals surface area contributed by atoms with E-state index in [4.69, 9.17) is 14.3 Å². The molecule has 1 aromatic heterocycles. The van der Waals surface area contributed by atoms with Gasteiger partial charge in [0, 0.05) is 16.6 Å². The van der Waals surface area contributed by atoms with E-state index in [1.165, 1.54) is 6.07 Å². The molecule has 0 spiro atoms. The summed E-state index contributed by atoms with van der Waals surface area (Å²) in [4.78, 5) is 13.0. The van der Waals surface area contributed by atoms with Gasteiger partial charge in [-0.25, -0.2) is 13.6 Å². The molecule has 3 N–H and O–H groups in total. The maximum atomic E-state index is 13.0. The zero-order valence-corrected chi connectivity index (χ0v) is 17.5. The summed E-state index contributed by atoms with van der Waals surface area (Å²) in [5.41, 5.74) is 1.92. The normalized spacial score (nSPS) is 11.4. The molecule has 0 saturated heterocycles. The number of hydrogen-bond donors (Lipinski definition) is 2. The fraction of sp³-hybridized carbons (Fsp3) is 0.0870. The molecule has 1 amide bonds. The molecule has 0 unspecified atom stereocenters. The second-order valence-corrected chi connectivity index (χ2v) is 8.52. The van der Waals surface area contributed by atoms with Crippen molar-refractivity contribution in [3.8, 4) is 5.75 Å². The molecule has 0 aliphatic heterocycles. The molecule has 4 aromatic rings. The van der Waals surface area contributed by atoms with Gasteiger partial charge in [-0.15, -0.1) is 0 Å². The van der Waals surface area contributed by atoms with Crippen molar-refractivity contribution in [2.24, 2.45) is 5.14 Å². The molecule has 3 aromatic carbocycles. The van der Waals surface area contributed by atoms with E-state index in [0.717, 1.165) is 5.39 Å². The van der Waals surface area contributed by atoms with Crippen LogP contribution in [0.3, 0.4) is 0 Å². The van der Waals surface area contributed by atoms with E-state index in [2.05, 4.69) is 5.32 Å². The first-order valence-corrected chi connectivity index (χ1v) is 11.0. The largest absolute Gasteiger partial charge is 0.489 e. The number of nitrogens with two attached hydrogens (primary N) is 1. The van der Waals surface area contributed by atoms with Crippen LogP contribution in [0.1, 0.15) is 21.7 Å². The molecule has 0 bridgehead atoms. The van der Waals surface area contributed by atoms with Gasteiger partial charge in [0.2, 0.25) is 10.0 Å². The molecule has 158 valence electrons. The minimum atomic E-state index is -3.92. The standard InChI is InChI=1S/C23H20N2O5S/c1-15-11-12-16(13-21(15)31(24,27)28)25-23(26)22-19(14-29-17-7-3-2-4-8-17)18-9-5-6-10-20(18)30-22/h2-13H,14H2,1H3,(H,25,26)(H2,24,27,28). The van der Waals surface area contributed by atoms with Gasteiger partial charge >= 0.3 is 0 Å². The van der Waals surface area contributed by atoms with Gasteiger partial charge in [-0.3, -0.25) is 4.79 Å². The van der Waals surface area contributed by atoms with Crippen molar-refractivity contribution < 1.29 is 22.4 Å². The van der Waals surface area contributed by atoms with Gasteiger partial charge in [0.1, 0.15) is 17.9 Å². The van der Waals surface area contributed by atoms with Crippen LogP contribution < -0.4 is 15.2 Å². The molecule has 8 heteroatoms. The number of para-hydroxylation sites is 2. The number of carbonyl (C=O) groups is 1. The summed E-state index contributed by atoms with van der Waals surface area (Å²) >= 11 is 0. The first-order valence-electron chi connectivity index (χ1n) is 9.46. The average molecular weight is 436 g/mol.